The molecule has 0 aliphatic heterocycles. The Bertz CT molecular complexity index is 159. The molecule has 0 atom stereocenters. The summed E-state index contributed by atoms with van der Waals surface area (Å²) < 4.78 is -0.780. The first kappa shape index (κ1) is 11.1. The second kappa shape index (κ2) is 4.21. The number of halogens is 2. The molecule has 0 aliphatic carbocycles. The zero-order chi connectivity index (χ0) is 9.07. The summed E-state index contributed by atoms with van der Waals surface area (Å²) in [5.41, 5.74) is 0. The van der Waals surface area contributed by atoms with Gasteiger partial charge in [0.2, 0.25) is 0 Å². The van der Waals surface area contributed by atoms with Crippen LogP contribution in [0.5, 0.6) is 0 Å². The predicted molar refractivity (Wildman–Crippen MR) is 48.1 cm³/mol. The highest BCUT2D eigenvalue weighted by Gasteiger charge is 2.27. The van der Waals surface area contributed by atoms with Crippen LogP contribution in [0.15, 0.2) is 0 Å². The Balaban J connectivity index is 3.99. The predicted octanol–water partition coefficient (Wildman–Crippen LogP) is 1.93. The van der Waals surface area contributed by atoms with Crippen molar-refractivity contribution in [2.75, 3.05) is 0 Å². The van der Waals surface area contributed by atoms with Gasteiger partial charge in [-0.25, -0.2) is 0 Å². The number of carboxylic acid groups (broad SMARTS) is 1. The summed E-state index contributed by atoms with van der Waals surface area (Å²) in [6.45, 7) is 1.42. The molecule has 0 fully saturated rings. The molecule has 0 aromatic heterocycles. The SMILES string of the molecule is CC(=O)CC(Br)(Br)CC(=O)O. The van der Waals surface area contributed by atoms with E-state index in [1.54, 1.807) is 0 Å². The molecule has 5 heteroatoms. The van der Waals surface area contributed by atoms with Gasteiger partial charge < -0.3 is 5.11 Å². The van der Waals surface area contributed by atoms with Crippen LogP contribution >= 0.6 is 31.9 Å². The van der Waals surface area contributed by atoms with E-state index in [9.17, 15) is 9.59 Å². The molecular formula is C6H8Br2O3. The topological polar surface area (TPSA) is 54.4 Å². The van der Waals surface area contributed by atoms with Gasteiger partial charge in [-0.1, -0.05) is 31.9 Å². The van der Waals surface area contributed by atoms with Crippen LogP contribution in [0.2, 0.25) is 0 Å². The van der Waals surface area contributed by atoms with Crippen molar-refractivity contribution in [3.05, 3.63) is 0 Å². The van der Waals surface area contributed by atoms with Crippen LogP contribution in [0.4, 0.5) is 0 Å². The molecule has 0 saturated carbocycles. The molecule has 0 aromatic rings. The quantitative estimate of drug-likeness (QED) is 0.804. The first-order valence-corrected chi connectivity index (χ1v) is 4.51. The summed E-state index contributed by atoms with van der Waals surface area (Å²) in [6, 6.07) is 0. The molecule has 0 rings (SSSR count). The minimum absolute atomic E-state index is 0.0556. The summed E-state index contributed by atoms with van der Waals surface area (Å²) in [4.78, 5) is 20.8. The van der Waals surface area contributed by atoms with E-state index in [-0.39, 0.29) is 18.6 Å². The van der Waals surface area contributed by atoms with Crippen molar-refractivity contribution < 1.29 is 14.7 Å². The Kier molecular flexibility index (Phi) is 4.25. The number of aliphatic carboxylic acids is 1. The molecule has 0 heterocycles. The van der Waals surface area contributed by atoms with E-state index in [0.29, 0.717) is 0 Å². The second-order valence-electron chi connectivity index (χ2n) is 2.31. The summed E-state index contributed by atoms with van der Waals surface area (Å²) in [5, 5.41) is 8.39. The highest BCUT2D eigenvalue weighted by molar-refractivity contribution is 9.25. The van der Waals surface area contributed by atoms with Crippen molar-refractivity contribution in [2.45, 2.75) is 23.0 Å². The molecule has 0 unspecified atom stereocenters. The molecule has 0 spiro atoms. The third kappa shape index (κ3) is 6.50. The van der Waals surface area contributed by atoms with Crippen LogP contribution < -0.4 is 0 Å². The maximum absolute atomic E-state index is 10.6. The van der Waals surface area contributed by atoms with Crippen molar-refractivity contribution in [3.63, 3.8) is 0 Å². The summed E-state index contributed by atoms with van der Waals surface area (Å²) in [7, 11) is 0. The molecule has 11 heavy (non-hydrogen) atoms. The van der Waals surface area contributed by atoms with Crippen molar-refractivity contribution in [1.29, 1.82) is 0 Å². The molecule has 0 aromatic carbocycles. The molecule has 0 radical (unpaired) electrons. The van der Waals surface area contributed by atoms with E-state index in [1.165, 1.54) is 6.92 Å². The smallest absolute Gasteiger partial charge is 0.305 e. The molecule has 3 nitrogen and oxygen atoms in total. The Morgan fingerprint density at radius 2 is 1.82 bits per heavy atom. The second-order valence-corrected chi connectivity index (χ2v) is 6.41. The standard InChI is InChI=1S/C6H8Br2O3/c1-4(9)2-6(7,8)3-5(10)11/h2-3H2,1H3,(H,10,11). The molecule has 1 N–H and O–H groups in total. The normalized spacial score (nSPS) is 11.2. The number of carboxylic acids is 1. The lowest BCUT2D eigenvalue weighted by atomic mass is 10.2. The summed E-state index contributed by atoms with van der Waals surface area (Å²) in [5.74, 6) is -1.000. The molecule has 0 saturated heterocycles. The lowest BCUT2D eigenvalue weighted by molar-refractivity contribution is -0.137. The maximum atomic E-state index is 10.6. The maximum Gasteiger partial charge on any atom is 0.305 e. The van der Waals surface area contributed by atoms with Crippen molar-refractivity contribution >= 4 is 43.6 Å². The third-order valence-electron chi connectivity index (χ3n) is 0.917. The largest absolute Gasteiger partial charge is 0.481 e. The van der Waals surface area contributed by atoms with Gasteiger partial charge in [-0.2, -0.15) is 0 Å². The monoisotopic (exact) mass is 286 g/mol. The molecular weight excluding hydrogens is 280 g/mol. The van der Waals surface area contributed by atoms with Crippen LogP contribution in [-0.2, 0) is 9.59 Å². The average Bonchev–Trinajstić information content (AvgIpc) is 1.53. The fourth-order valence-corrected chi connectivity index (χ4v) is 1.92. The fraction of sp³-hybridized carbons (Fsp3) is 0.667. The van der Waals surface area contributed by atoms with E-state index in [0.717, 1.165) is 0 Å². The number of alkyl halides is 2. The summed E-state index contributed by atoms with van der Waals surface area (Å²) in [6.07, 6.45) is 0.0475. The van der Waals surface area contributed by atoms with Crippen LogP contribution in [0.1, 0.15) is 19.8 Å². The number of hydrogen-bond donors (Lipinski definition) is 1. The Hall–Kier alpha value is 0.1000. The van der Waals surface area contributed by atoms with Gasteiger partial charge in [-0.05, 0) is 6.92 Å². The van der Waals surface area contributed by atoms with Gasteiger partial charge in [-0.15, -0.1) is 0 Å². The minimum Gasteiger partial charge on any atom is -0.481 e. The van der Waals surface area contributed by atoms with E-state index >= 15 is 0 Å². The highest BCUT2D eigenvalue weighted by atomic mass is 79.9. The van der Waals surface area contributed by atoms with Crippen LogP contribution in [0.3, 0.4) is 0 Å². The Morgan fingerprint density at radius 1 is 1.36 bits per heavy atom. The van der Waals surface area contributed by atoms with Gasteiger partial charge in [0.25, 0.3) is 0 Å². The van der Waals surface area contributed by atoms with Gasteiger partial charge in [-0.3, -0.25) is 9.59 Å². The zero-order valence-electron chi connectivity index (χ0n) is 5.93. The number of carbonyl (C=O) groups is 2. The zero-order valence-corrected chi connectivity index (χ0v) is 9.11. The summed E-state index contributed by atoms with van der Waals surface area (Å²) >= 11 is 6.20. The number of carbonyl (C=O) groups excluding carboxylic acids is 1. The lowest BCUT2D eigenvalue weighted by Gasteiger charge is -2.15. The van der Waals surface area contributed by atoms with Crippen molar-refractivity contribution in [2.24, 2.45) is 0 Å². The average molecular weight is 288 g/mol. The number of Topliss-reactive ketones (excluding diaryl/α,β-unsaturated/α-hetero) is 1. The number of ketones is 1. The van der Waals surface area contributed by atoms with Gasteiger partial charge in [0.1, 0.15) is 5.78 Å². The molecule has 0 aliphatic rings. The van der Waals surface area contributed by atoms with Gasteiger partial charge in [0.05, 0.1) is 9.65 Å². The van der Waals surface area contributed by atoms with E-state index in [1.807, 2.05) is 0 Å². The third-order valence-corrected chi connectivity index (χ3v) is 2.04. The number of rotatable bonds is 4. The van der Waals surface area contributed by atoms with E-state index in [4.69, 9.17) is 5.11 Å². The van der Waals surface area contributed by atoms with Gasteiger partial charge in [0, 0.05) is 6.42 Å². The molecule has 0 bridgehead atoms. The van der Waals surface area contributed by atoms with Crippen LogP contribution in [0, 0.1) is 0 Å². The first-order valence-electron chi connectivity index (χ1n) is 2.92. The van der Waals surface area contributed by atoms with Gasteiger partial charge >= 0.3 is 5.97 Å². The minimum atomic E-state index is -0.944. The van der Waals surface area contributed by atoms with Crippen LogP contribution in [-0.4, -0.2) is 20.1 Å². The number of hydrogen-bond acceptors (Lipinski definition) is 2. The van der Waals surface area contributed by atoms with Crippen molar-refractivity contribution in [1.82, 2.24) is 0 Å². The van der Waals surface area contributed by atoms with Crippen LogP contribution in [0.25, 0.3) is 0 Å². The highest BCUT2D eigenvalue weighted by Crippen LogP contribution is 2.33. The first-order chi connectivity index (χ1) is 4.83. The fourth-order valence-electron chi connectivity index (χ4n) is 0.648. The van der Waals surface area contributed by atoms with E-state index in [2.05, 4.69) is 31.9 Å². The Morgan fingerprint density at radius 3 is 2.09 bits per heavy atom. The van der Waals surface area contributed by atoms with Crippen molar-refractivity contribution in [3.8, 4) is 0 Å². The molecule has 64 valence electrons. The van der Waals surface area contributed by atoms with E-state index < -0.39 is 9.20 Å². The lowest BCUT2D eigenvalue weighted by Crippen LogP contribution is -2.19. The molecule has 0 amide bonds. The van der Waals surface area contributed by atoms with Gasteiger partial charge in [0.15, 0.2) is 0 Å². The Labute approximate surface area is 81.4 Å².